The van der Waals surface area contributed by atoms with E-state index in [1.807, 2.05) is 0 Å². The molecule has 0 aliphatic heterocycles. The van der Waals surface area contributed by atoms with Crippen LogP contribution in [0.15, 0.2) is 54.8 Å². The summed E-state index contributed by atoms with van der Waals surface area (Å²) in [5, 5.41) is 0. The smallest absolute Gasteiger partial charge is 0.426 e. The van der Waals surface area contributed by atoms with Crippen molar-refractivity contribution in [3.8, 4) is 11.5 Å². The third kappa shape index (κ3) is 6.55. The van der Waals surface area contributed by atoms with Crippen molar-refractivity contribution in [1.29, 1.82) is 0 Å². The molecule has 0 amide bonds. The fraction of sp³-hybridized carbons (Fsp3) is 0.360. The Hall–Kier alpha value is -2.90. The molecule has 33 heavy (non-hydrogen) atoms. The molecular formula is C25H24F6O2. The minimum absolute atomic E-state index is 0.272. The summed E-state index contributed by atoms with van der Waals surface area (Å²) >= 11 is 0. The minimum Gasteiger partial charge on any atom is -0.459 e. The van der Waals surface area contributed by atoms with Crippen molar-refractivity contribution in [2.24, 2.45) is 5.92 Å². The van der Waals surface area contributed by atoms with E-state index in [9.17, 15) is 26.3 Å². The highest BCUT2D eigenvalue weighted by atomic mass is 19.3. The third-order valence-electron chi connectivity index (χ3n) is 5.44. The van der Waals surface area contributed by atoms with E-state index in [-0.39, 0.29) is 6.08 Å². The third-order valence-corrected chi connectivity index (χ3v) is 5.44. The number of rotatable bonds is 9. The highest BCUT2D eigenvalue weighted by molar-refractivity contribution is 5.66. The van der Waals surface area contributed by atoms with E-state index in [0.29, 0.717) is 24.3 Å². The summed E-state index contributed by atoms with van der Waals surface area (Å²) in [6.07, 6.45) is 1.33. The number of hydrogen-bond acceptors (Lipinski definition) is 2. The number of ether oxygens (including phenoxy) is 2. The summed E-state index contributed by atoms with van der Waals surface area (Å²) in [6, 6.07) is 6.58. The van der Waals surface area contributed by atoms with Gasteiger partial charge in [0.1, 0.15) is 5.75 Å². The molecule has 3 rings (SSSR count). The van der Waals surface area contributed by atoms with Crippen LogP contribution in [-0.2, 0) is 6.11 Å². The van der Waals surface area contributed by atoms with Crippen molar-refractivity contribution >= 4 is 5.57 Å². The van der Waals surface area contributed by atoms with Crippen LogP contribution in [0.5, 0.6) is 11.5 Å². The molecule has 2 nitrogen and oxygen atoms in total. The molecule has 0 radical (unpaired) electrons. The molecule has 8 heteroatoms. The molecule has 0 heterocycles. The summed E-state index contributed by atoms with van der Waals surface area (Å²) < 4.78 is 90.4. The minimum atomic E-state index is -3.86. The Labute approximate surface area is 188 Å². The molecule has 2 aromatic rings. The lowest BCUT2D eigenvalue weighted by atomic mass is 9.84. The Balaban J connectivity index is 1.70. The molecule has 0 aromatic heterocycles. The molecule has 0 N–H and O–H groups in total. The zero-order chi connectivity index (χ0) is 24.0. The van der Waals surface area contributed by atoms with Gasteiger partial charge in [-0.05, 0) is 48.4 Å². The summed E-state index contributed by atoms with van der Waals surface area (Å²) in [5.74, 6) is -3.87. The van der Waals surface area contributed by atoms with E-state index < -0.39 is 41.2 Å². The van der Waals surface area contributed by atoms with Crippen molar-refractivity contribution in [2.45, 2.75) is 51.6 Å². The van der Waals surface area contributed by atoms with Crippen molar-refractivity contribution in [3.63, 3.8) is 0 Å². The summed E-state index contributed by atoms with van der Waals surface area (Å²) in [4.78, 5) is 0. The molecule has 1 aliphatic rings. The van der Waals surface area contributed by atoms with Gasteiger partial charge in [-0.25, -0.2) is 17.6 Å². The van der Waals surface area contributed by atoms with E-state index in [0.717, 1.165) is 36.8 Å². The summed E-state index contributed by atoms with van der Waals surface area (Å²) in [6.45, 7) is 2.15. The summed E-state index contributed by atoms with van der Waals surface area (Å²) in [7, 11) is 0. The van der Waals surface area contributed by atoms with Gasteiger partial charge in [-0.3, -0.25) is 0 Å². The lowest BCUT2D eigenvalue weighted by Gasteiger charge is -2.22. The van der Waals surface area contributed by atoms with Crippen molar-refractivity contribution in [2.75, 3.05) is 0 Å². The van der Waals surface area contributed by atoms with Crippen LogP contribution in [-0.4, -0.2) is 6.43 Å². The van der Waals surface area contributed by atoms with Crippen LogP contribution in [0.1, 0.15) is 50.2 Å². The predicted octanol–water partition coefficient (Wildman–Crippen LogP) is 8.23. The fourth-order valence-corrected chi connectivity index (χ4v) is 3.78. The number of hydrogen-bond donors (Lipinski definition) is 0. The Morgan fingerprint density at radius 2 is 1.76 bits per heavy atom. The van der Waals surface area contributed by atoms with Crippen LogP contribution in [0.2, 0.25) is 0 Å². The van der Waals surface area contributed by atoms with Crippen LogP contribution >= 0.6 is 0 Å². The first-order valence-corrected chi connectivity index (χ1v) is 10.7. The Morgan fingerprint density at radius 1 is 1.09 bits per heavy atom. The monoisotopic (exact) mass is 470 g/mol. The van der Waals surface area contributed by atoms with Crippen LogP contribution in [0.3, 0.4) is 0 Å². The van der Waals surface area contributed by atoms with Gasteiger partial charge in [-0.15, -0.1) is 0 Å². The van der Waals surface area contributed by atoms with Gasteiger partial charge in [0.25, 0.3) is 6.43 Å². The maximum atomic E-state index is 14.6. The molecule has 1 aliphatic carbocycles. The van der Waals surface area contributed by atoms with E-state index in [1.165, 1.54) is 18.6 Å². The normalized spacial score (nSPS) is 16.8. The Kier molecular flexibility index (Phi) is 8.10. The van der Waals surface area contributed by atoms with E-state index in [1.54, 1.807) is 12.1 Å². The van der Waals surface area contributed by atoms with Gasteiger partial charge in [0.15, 0.2) is 17.4 Å². The first kappa shape index (κ1) is 24.7. The maximum Gasteiger partial charge on any atom is 0.426 e. The number of halogens is 6. The van der Waals surface area contributed by atoms with Crippen LogP contribution in [0, 0.1) is 17.6 Å². The zero-order valence-corrected chi connectivity index (χ0v) is 18.0. The first-order valence-electron chi connectivity index (χ1n) is 10.7. The summed E-state index contributed by atoms with van der Waals surface area (Å²) in [5.41, 5.74) is 1.48. The topological polar surface area (TPSA) is 18.5 Å². The van der Waals surface area contributed by atoms with Crippen molar-refractivity contribution < 1.29 is 35.8 Å². The van der Waals surface area contributed by atoms with Gasteiger partial charge in [0.2, 0.25) is 0 Å². The lowest BCUT2D eigenvalue weighted by Crippen LogP contribution is -2.22. The number of benzene rings is 2. The molecule has 2 aromatic carbocycles. The molecule has 1 atom stereocenters. The quantitative estimate of drug-likeness (QED) is 0.271. The molecule has 178 valence electrons. The second kappa shape index (κ2) is 10.8. The van der Waals surface area contributed by atoms with E-state index >= 15 is 0 Å². The lowest BCUT2D eigenvalue weighted by molar-refractivity contribution is -0.185. The largest absolute Gasteiger partial charge is 0.459 e. The van der Waals surface area contributed by atoms with Gasteiger partial charge >= 0.3 is 6.11 Å². The number of alkyl halides is 4. The maximum absolute atomic E-state index is 14.6. The molecule has 0 fully saturated rings. The second-order valence-corrected chi connectivity index (χ2v) is 7.85. The second-order valence-electron chi connectivity index (χ2n) is 7.85. The van der Waals surface area contributed by atoms with Gasteiger partial charge in [-0.1, -0.05) is 38.0 Å². The fourth-order valence-electron chi connectivity index (χ4n) is 3.78. The highest BCUT2D eigenvalue weighted by Gasteiger charge is 2.35. The average Bonchev–Trinajstić information content (AvgIpc) is 2.76. The van der Waals surface area contributed by atoms with Crippen molar-refractivity contribution in [3.05, 3.63) is 77.6 Å². The molecule has 0 spiro atoms. The standard InChI is InChI=1S/C25H24F6O2/c1-2-3-16-4-6-17(7-5-16)18-8-10-19(11-9-18)25(30,31)33-20-14-21(26)24(22(27)15-20)32-13-12-23(28)29/h6,8-16,23H,2-5,7H2,1H3/b13-12+. The van der Waals surface area contributed by atoms with Crippen LogP contribution in [0.4, 0.5) is 26.3 Å². The average molecular weight is 470 g/mol. The Bertz CT molecular complexity index is 975. The SMILES string of the molecule is CCCC1CC=C(c2ccc(C(F)(F)Oc3cc(F)c(O/C=C/C(F)F)c(F)c3)cc2)CC1. The van der Waals surface area contributed by atoms with Gasteiger partial charge in [-0.2, -0.15) is 8.78 Å². The van der Waals surface area contributed by atoms with E-state index in [4.69, 9.17) is 0 Å². The zero-order valence-electron chi connectivity index (χ0n) is 18.0. The van der Waals surface area contributed by atoms with E-state index in [2.05, 4.69) is 22.5 Å². The molecule has 0 bridgehead atoms. The van der Waals surface area contributed by atoms with Gasteiger partial charge in [0.05, 0.1) is 11.8 Å². The predicted molar refractivity (Wildman–Crippen MR) is 113 cm³/mol. The van der Waals surface area contributed by atoms with Gasteiger partial charge in [0, 0.05) is 18.2 Å². The molecule has 0 saturated heterocycles. The van der Waals surface area contributed by atoms with Crippen LogP contribution in [0.25, 0.3) is 5.57 Å². The van der Waals surface area contributed by atoms with Crippen LogP contribution < -0.4 is 9.47 Å². The first-order chi connectivity index (χ1) is 15.7. The molecule has 0 saturated carbocycles. The Morgan fingerprint density at radius 3 is 2.30 bits per heavy atom. The van der Waals surface area contributed by atoms with Gasteiger partial charge < -0.3 is 9.47 Å². The highest BCUT2D eigenvalue weighted by Crippen LogP contribution is 2.37. The molecular weight excluding hydrogens is 446 g/mol. The van der Waals surface area contributed by atoms with Crippen molar-refractivity contribution in [1.82, 2.24) is 0 Å². The number of allylic oxidation sites excluding steroid dienone is 3. The molecule has 1 unspecified atom stereocenters.